The van der Waals surface area contributed by atoms with Gasteiger partial charge in [0.1, 0.15) is 34.1 Å². The van der Waals surface area contributed by atoms with E-state index in [2.05, 4.69) is 4.98 Å². The van der Waals surface area contributed by atoms with Crippen molar-refractivity contribution in [2.24, 2.45) is 0 Å². The number of hydrogen-bond donors (Lipinski definition) is 2. The lowest BCUT2D eigenvalue weighted by Gasteiger charge is -2.11. The average Bonchev–Trinajstić information content (AvgIpc) is 3.40. The van der Waals surface area contributed by atoms with Gasteiger partial charge in [0.15, 0.2) is 11.7 Å². The van der Waals surface area contributed by atoms with Crippen LogP contribution in [0.3, 0.4) is 0 Å². The molecule has 1 atom stereocenters. The van der Waals surface area contributed by atoms with Gasteiger partial charge in [-0.05, 0) is 67.6 Å². The molecule has 47 heavy (non-hydrogen) atoms. The number of aromatic carboxylic acids is 1. The largest absolute Gasteiger partial charge is 0.479 e. The molecule has 0 aliphatic heterocycles. The van der Waals surface area contributed by atoms with Crippen molar-refractivity contribution in [3.8, 4) is 29.1 Å². The van der Waals surface area contributed by atoms with Gasteiger partial charge in [0, 0.05) is 23.2 Å². The molecule has 0 spiro atoms. The molecule has 4 aromatic carbocycles. The van der Waals surface area contributed by atoms with E-state index < -0.39 is 46.0 Å². The van der Waals surface area contributed by atoms with Crippen molar-refractivity contribution in [1.82, 2.24) is 4.98 Å². The fraction of sp³-hybridized carbons (Fsp3) is 0.100. The number of carboxylic acids is 2. The standard InChI is InChI=1S/C16H12ClNO5.C14H7ClF3NO5/c1-9(15(19)20)21-11-3-5-12(6-4-11)22-16-18-13-7-2-10(17)8-14(13)23-16;15-10-5-7(14(16,17)18)1-4-12(10)24-8-2-3-11(19(22)23)9(6-8)13(20)21/h2-9H,1H3,(H,19,20);1-6H,(H,20,21). The van der Waals surface area contributed by atoms with Crippen LogP contribution in [0.2, 0.25) is 10.0 Å². The van der Waals surface area contributed by atoms with E-state index >= 15 is 0 Å². The predicted molar refractivity (Wildman–Crippen MR) is 160 cm³/mol. The summed E-state index contributed by atoms with van der Waals surface area (Å²) in [6, 6.07) is 16.8. The third-order valence-corrected chi connectivity index (χ3v) is 6.43. The monoisotopic (exact) mass is 694 g/mol. The van der Waals surface area contributed by atoms with E-state index in [-0.39, 0.29) is 22.6 Å². The van der Waals surface area contributed by atoms with Crippen LogP contribution in [0.15, 0.2) is 83.3 Å². The number of halogens is 5. The Labute approximate surface area is 271 Å². The Hall–Kier alpha value is -5.54. The lowest BCUT2D eigenvalue weighted by Crippen LogP contribution is -2.22. The van der Waals surface area contributed by atoms with Crippen LogP contribution in [-0.4, -0.2) is 38.2 Å². The number of carboxylic acid groups (broad SMARTS) is 2. The van der Waals surface area contributed by atoms with Gasteiger partial charge in [0.2, 0.25) is 0 Å². The summed E-state index contributed by atoms with van der Waals surface area (Å²) in [6.07, 6.45) is -5.41. The molecular weight excluding hydrogens is 676 g/mol. The number of rotatable bonds is 9. The summed E-state index contributed by atoms with van der Waals surface area (Å²) in [7, 11) is 0. The van der Waals surface area contributed by atoms with Crippen LogP contribution in [0.1, 0.15) is 22.8 Å². The zero-order chi connectivity index (χ0) is 34.5. The van der Waals surface area contributed by atoms with Gasteiger partial charge in [-0.2, -0.15) is 18.2 Å². The smallest absolute Gasteiger partial charge is 0.416 e. The molecule has 0 fully saturated rings. The number of oxazole rings is 1. The maximum atomic E-state index is 12.6. The Balaban J connectivity index is 0.000000213. The molecule has 12 nitrogen and oxygen atoms in total. The SMILES string of the molecule is CC(Oc1ccc(Oc2nc3ccc(Cl)cc3o2)cc1)C(=O)O.O=C(O)c1cc(Oc2ccc(C(F)(F)F)cc2Cl)ccc1[N+](=O)[O-]. The van der Waals surface area contributed by atoms with Gasteiger partial charge in [-0.15, -0.1) is 0 Å². The second-order valence-corrected chi connectivity index (χ2v) is 10.1. The summed E-state index contributed by atoms with van der Waals surface area (Å²) < 4.78 is 59.1. The number of benzene rings is 4. The van der Waals surface area contributed by atoms with Crippen LogP contribution in [-0.2, 0) is 11.0 Å². The first-order chi connectivity index (χ1) is 22.1. The molecule has 5 rings (SSSR count). The van der Waals surface area contributed by atoms with E-state index in [0.717, 1.165) is 30.3 Å². The third kappa shape index (κ3) is 9.02. The Morgan fingerprint density at radius 1 is 0.915 bits per heavy atom. The molecule has 5 aromatic rings. The molecule has 17 heteroatoms. The van der Waals surface area contributed by atoms with Crippen molar-refractivity contribution in [2.75, 3.05) is 0 Å². The predicted octanol–water partition coefficient (Wildman–Crippen LogP) is 8.88. The molecule has 0 amide bonds. The van der Waals surface area contributed by atoms with Gasteiger partial charge in [0.25, 0.3) is 5.69 Å². The quantitative estimate of drug-likeness (QED) is 0.111. The number of nitro groups is 1. The van der Waals surface area contributed by atoms with Crippen molar-refractivity contribution in [3.05, 3.63) is 110 Å². The lowest BCUT2D eigenvalue weighted by atomic mass is 10.1. The molecule has 0 aliphatic carbocycles. The van der Waals surface area contributed by atoms with Crippen LogP contribution >= 0.6 is 23.2 Å². The van der Waals surface area contributed by atoms with E-state index in [1.165, 1.54) is 6.92 Å². The molecule has 244 valence electrons. The number of nitro benzene ring substituents is 1. The molecule has 1 aromatic heterocycles. The third-order valence-electron chi connectivity index (χ3n) is 5.90. The fourth-order valence-corrected chi connectivity index (χ4v) is 4.04. The number of nitrogens with zero attached hydrogens (tertiary/aromatic N) is 2. The number of alkyl halides is 3. The van der Waals surface area contributed by atoms with Gasteiger partial charge in [-0.1, -0.05) is 23.2 Å². The van der Waals surface area contributed by atoms with Gasteiger partial charge in [0.05, 0.1) is 15.5 Å². The number of hydrogen-bond acceptors (Lipinski definition) is 9. The molecule has 1 unspecified atom stereocenters. The van der Waals surface area contributed by atoms with Crippen molar-refractivity contribution < 1.29 is 56.5 Å². The lowest BCUT2D eigenvalue weighted by molar-refractivity contribution is -0.385. The summed E-state index contributed by atoms with van der Waals surface area (Å²) in [5, 5.41) is 28.7. The normalized spacial score (nSPS) is 11.6. The molecule has 0 saturated heterocycles. The maximum absolute atomic E-state index is 12.6. The van der Waals surface area contributed by atoms with Crippen molar-refractivity contribution >= 4 is 51.9 Å². The Morgan fingerprint density at radius 3 is 2.17 bits per heavy atom. The Bertz CT molecular complexity index is 1950. The topological polar surface area (TPSA) is 171 Å². The van der Waals surface area contributed by atoms with Gasteiger partial charge < -0.3 is 28.8 Å². The van der Waals surface area contributed by atoms with Crippen LogP contribution in [0.4, 0.5) is 18.9 Å². The molecule has 2 N–H and O–H groups in total. The minimum atomic E-state index is -4.58. The van der Waals surface area contributed by atoms with E-state index in [1.54, 1.807) is 42.5 Å². The highest BCUT2D eigenvalue weighted by molar-refractivity contribution is 6.32. The number of fused-ring (bicyclic) bond motifs is 1. The van der Waals surface area contributed by atoms with Crippen LogP contribution in [0.5, 0.6) is 29.1 Å². The zero-order valence-corrected chi connectivity index (χ0v) is 25.0. The second kappa shape index (κ2) is 14.3. The second-order valence-electron chi connectivity index (χ2n) is 9.25. The molecule has 0 saturated carbocycles. The number of aromatic nitrogens is 1. The first-order valence-electron chi connectivity index (χ1n) is 12.9. The summed E-state index contributed by atoms with van der Waals surface area (Å²) in [6.45, 7) is 1.45. The number of carbonyl (C=O) groups is 2. The van der Waals surface area contributed by atoms with Crippen molar-refractivity contribution in [3.63, 3.8) is 0 Å². The van der Waals surface area contributed by atoms with Crippen molar-refractivity contribution in [1.29, 1.82) is 0 Å². The van der Waals surface area contributed by atoms with Crippen molar-refractivity contribution in [2.45, 2.75) is 19.2 Å². The van der Waals surface area contributed by atoms with Crippen LogP contribution in [0, 0.1) is 10.1 Å². The fourth-order valence-electron chi connectivity index (χ4n) is 3.66. The highest BCUT2D eigenvalue weighted by atomic mass is 35.5. The van der Waals surface area contributed by atoms with Crippen LogP contribution in [0.25, 0.3) is 11.1 Å². The first-order valence-corrected chi connectivity index (χ1v) is 13.7. The summed E-state index contributed by atoms with van der Waals surface area (Å²) in [5.41, 5.74) is -1.08. The van der Waals surface area contributed by atoms with Gasteiger partial charge in [-0.3, -0.25) is 10.1 Å². The van der Waals surface area contributed by atoms with E-state index in [4.69, 9.17) is 52.0 Å². The summed E-state index contributed by atoms with van der Waals surface area (Å²) in [5.74, 6) is -1.95. The maximum Gasteiger partial charge on any atom is 0.416 e. The summed E-state index contributed by atoms with van der Waals surface area (Å²) in [4.78, 5) is 35.8. The molecule has 0 radical (unpaired) electrons. The molecular formula is C30H19Cl2F3N2O10. The van der Waals surface area contributed by atoms with E-state index in [1.807, 2.05) is 0 Å². The molecule has 1 heterocycles. The molecule has 0 bridgehead atoms. The highest BCUT2D eigenvalue weighted by Crippen LogP contribution is 2.37. The Kier molecular flexibility index (Phi) is 10.4. The summed E-state index contributed by atoms with van der Waals surface area (Å²) >= 11 is 11.6. The van der Waals surface area contributed by atoms with E-state index in [9.17, 15) is 32.9 Å². The minimum Gasteiger partial charge on any atom is -0.479 e. The highest BCUT2D eigenvalue weighted by Gasteiger charge is 2.31. The van der Waals surface area contributed by atoms with Gasteiger partial charge in [-0.25, -0.2) is 9.59 Å². The average molecular weight is 695 g/mol. The molecule has 0 aliphatic rings. The zero-order valence-electron chi connectivity index (χ0n) is 23.5. The number of aliphatic carboxylic acids is 1. The van der Waals surface area contributed by atoms with Crippen LogP contribution < -0.4 is 14.2 Å². The minimum absolute atomic E-state index is 0.0924. The van der Waals surface area contributed by atoms with E-state index in [0.29, 0.717) is 33.7 Å². The Morgan fingerprint density at radius 2 is 1.57 bits per heavy atom. The number of ether oxygens (including phenoxy) is 3. The van der Waals surface area contributed by atoms with Gasteiger partial charge >= 0.3 is 24.2 Å². The first kappa shape index (κ1) is 34.3.